The van der Waals surface area contributed by atoms with Gasteiger partial charge in [0.05, 0.1) is 17.2 Å². The molecule has 2 aromatic carbocycles. The van der Waals surface area contributed by atoms with Crippen molar-refractivity contribution in [1.82, 2.24) is 15.1 Å². The number of likely N-dealkylation sites (N-methyl/N-ethyl adjacent to an activating group) is 2. The van der Waals surface area contributed by atoms with Crippen LogP contribution in [0.5, 0.6) is 0 Å². The number of nitrogens with one attached hydrogen (secondary N) is 1. The molecule has 0 aliphatic carbocycles. The standard InChI is InChI=1S/C24H29F3N4O/c1-29-11-13-31(14-12-29)22(17-7-8-21-18(15-17)9-10-30(21)2)16-28-23(32)19-5-3-4-6-20(19)24(25,26)27/h3-8,15,22H,9-14,16H2,1-2H3,(H,28,32)/t22-/m1/s1. The van der Waals surface area contributed by atoms with Gasteiger partial charge in [-0.1, -0.05) is 24.3 Å². The van der Waals surface area contributed by atoms with E-state index in [1.807, 2.05) is 0 Å². The summed E-state index contributed by atoms with van der Waals surface area (Å²) in [5, 5.41) is 2.79. The molecule has 32 heavy (non-hydrogen) atoms. The minimum Gasteiger partial charge on any atom is -0.374 e. The van der Waals surface area contributed by atoms with Gasteiger partial charge in [-0.3, -0.25) is 9.69 Å². The summed E-state index contributed by atoms with van der Waals surface area (Å²) < 4.78 is 40.1. The van der Waals surface area contributed by atoms with Crippen LogP contribution in [0.1, 0.15) is 33.1 Å². The van der Waals surface area contributed by atoms with Crippen LogP contribution in [-0.4, -0.2) is 69.1 Å². The number of piperazine rings is 1. The van der Waals surface area contributed by atoms with E-state index in [1.165, 1.54) is 29.4 Å². The average Bonchev–Trinajstić information content (AvgIpc) is 3.14. The maximum atomic E-state index is 13.4. The summed E-state index contributed by atoms with van der Waals surface area (Å²) in [6.07, 6.45) is -3.60. The second-order valence-corrected chi connectivity index (χ2v) is 8.67. The van der Waals surface area contributed by atoms with Crippen LogP contribution < -0.4 is 10.2 Å². The van der Waals surface area contributed by atoms with Crippen LogP contribution in [0, 0.1) is 0 Å². The molecule has 1 atom stereocenters. The third kappa shape index (κ3) is 4.76. The van der Waals surface area contributed by atoms with Crippen LogP contribution in [-0.2, 0) is 12.6 Å². The Labute approximate surface area is 186 Å². The fourth-order valence-electron chi connectivity index (χ4n) is 4.60. The molecule has 0 aromatic heterocycles. The van der Waals surface area contributed by atoms with E-state index in [4.69, 9.17) is 0 Å². The van der Waals surface area contributed by atoms with Crippen molar-refractivity contribution in [2.45, 2.75) is 18.6 Å². The van der Waals surface area contributed by atoms with Crippen molar-refractivity contribution in [2.24, 2.45) is 0 Å². The van der Waals surface area contributed by atoms with Gasteiger partial charge >= 0.3 is 6.18 Å². The van der Waals surface area contributed by atoms with E-state index < -0.39 is 17.6 Å². The molecule has 0 bridgehead atoms. The number of carbonyl (C=O) groups excluding carboxylic acids is 1. The van der Waals surface area contributed by atoms with E-state index in [0.717, 1.165) is 50.8 Å². The molecule has 0 unspecified atom stereocenters. The molecule has 172 valence electrons. The van der Waals surface area contributed by atoms with Gasteiger partial charge in [0.25, 0.3) is 5.91 Å². The highest BCUT2D eigenvalue weighted by Gasteiger charge is 2.35. The Morgan fingerprint density at radius 1 is 1.03 bits per heavy atom. The largest absolute Gasteiger partial charge is 0.417 e. The lowest BCUT2D eigenvalue weighted by atomic mass is 9.99. The zero-order valence-corrected chi connectivity index (χ0v) is 18.5. The summed E-state index contributed by atoms with van der Waals surface area (Å²) in [6, 6.07) is 11.2. The molecule has 1 saturated heterocycles. The first-order chi connectivity index (χ1) is 15.2. The quantitative estimate of drug-likeness (QED) is 0.764. The van der Waals surface area contributed by atoms with Gasteiger partial charge in [0, 0.05) is 52.0 Å². The lowest BCUT2D eigenvalue weighted by molar-refractivity contribution is -0.137. The lowest BCUT2D eigenvalue weighted by Gasteiger charge is -2.38. The van der Waals surface area contributed by atoms with Crippen LogP contribution in [0.25, 0.3) is 0 Å². The van der Waals surface area contributed by atoms with Crippen molar-refractivity contribution < 1.29 is 18.0 Å². The molecule has 1 amide bonds. The Morgan fingerprint density at radius 2 is 1.75 bits per heavy atom. The third-order valence-corrected chi connectivity index (χ3v) is 6.53. The van der Waals surface area contributed by atoms with E-state index in [0.29, 0.717) is 0 Å². The predicted octanol–water partition coefficient (Wildman–Crippen LogP) is 3.42. The zero-order valence-electron chi connectivity index (χ0n) is 18.5. The van der Waals surface area contributed by atoms with E-state index in [1.54, 1.807) is 0 Å². The summed E-state index contributed by atoms with van der Waals surface area (Å²) in [5.41, 5.74) is 2.34. The van der Waals surface area contributed by atoms with Crippen LogP contribution in [0.3, 0.4) is 0 Å². The van der Waals surface area contributed by atoms with Gasteiger partial charge in [0.2, 0.25) is 0 Å². The van der Waals surface area contributed by atoms with Gasteiger partial charge in [0.15, 0.2) is 0 Å². The van der Waals surface area contributed by atoms with Crippen LogP contribution in [0.4, 0.5) is 18.9 Å². The van der Waals surface area contributed by atoms with Crippen LogP contribution in [0.15, 0.2) is 42.5 Å². The number of benzene rings is 2. The lowest BCUT2D eigenvalue weighted by Crippen LogP contribution is -2.48. The fourth-order valence-corrected chi connectivity index (χ4v) is 4.60. The number of alkyl halides is 3. The normalized spacial score (nSPS) is 18.5. The molecule has 2 aromatic rings. The van der Waals surface area contributed by atoms with Gasteiger partial charge in [-0.25, -0.2) is 0 Å². The molecule has 0 radical (unpaired) electrons. The Kier molecular flexibility index (Phi) is 6.44. The Morgan fingerprint density at radius 3 is 2.47 bits per heavy atom. The van der Waals surface area contributed by atoms with Crippen LogP contribution in [0.2, 0.25) is 0 Å². The summed E-state index contributed by atoms with van der Waals surface area (Å²) in [5.74, 6) is -0.696. The number of hydrogen-bond donors (Lipinski definition) is 1. The number of fused-ring (bicyclic) bond motifs is 1. The van der Waals surface area contributed by atoms with Crippen LogP contribution >= 0.6 is 0 Å². The summed E-state index contributed by atoms with van der Waals surface area (Å²) >= 11 is 0. The molecule has 1 N–H and O–H groups in total. The Balaban J connectivity index is 1.56. The molecule has 1 fully saturated rings. The molecule has 4 rings (SSSR count). The second kappa shape index (κ2) is 9.11. The smallest absolute Gasteiger partial charge is 0.374 e. The number of rotatable bonds is 5. The van der Waals surface area contributed by atoms with E-state index in [2.05, 4.69) is 52.3 Å². The van der Waals surface area contributed by atoms with Gasteiger partial charge in [-0.2, -0.15) is 13.2 Å². The highest BCUT2D eigenvalue weighted by molar-refractivity contribution is 5.95. The highest BCUT2D eigenvalue weighted by Crippen LogP contribution is 2.33. The molecule has 2 heterocycles. The molecule has 0 spiro atoms. The summed E-state index contributed by atoms with van der Waals surface area (Å²) in [7, 11) is 4.15. The molecule has 2 aliphatic heterocycles. The Hall–Kier alpha value is -2.58. The first-order valence-corrected chi connectivity index (χ1v) is 10.9. The fraction of sp³-hybridized carbons (Fsp3) is 0.458. The number of nitrogens with zero attached hydrogens (tertiary/aromatic N) is 3. The number of amides is 1. The first kappa shape index (κ1) is 22.6. The second-order valence-electron chi connectivity index (χ2n) is 8.67. The maximum Gasteiger partial charge on any atom is 0.417 e. The number of halogens is 3. The Bertz CT molecular complexity index is 970. The molecule has 0 saturated carbocycles. The third-order valence-electron chi connectivity index (χ3n) is 6.53. The van der Waals surface area contributed by atoms with Gasteiger partial charge in [-0.15, -0.1) is 0 Å². The molecular weight excluding hydrogens is 417 g/mol. The average molecular weight is 447 g/mol. The molecule has 8 heteroatoms. The molecular formula is C24H29F3N4O. The van der Waals surface area contributed by atoms with Crippen molar-refractivity contribution >= 4 is 11.6 Å². The predicted molar refractivity (Wildman–Crippen MR) is 119 cm³/mol. The minimum atomic E-state index is -4.57. The monoisotopic (exact) mass is 446 g/mol. The topological polar surface area (TPSA) is 38.8 Å². The van der Waals surface area contributed by atoms with Crippen molar-refractivity contribution in [3.8, 4) is 0 Å². The van der Waals surface area contributed by atoms with Crippen molar-refractivity contribution in [1.29, 1.82) is 0 Å². The number of hydrogen-bond acceptors (Lipinski definition) is 4. The maximum absolute atomic E-state index is 13.4. The minimum absolute atomic E-state index is 0.0955. The molecule has 2 aliphatic rings. The number of carbonyl (C=O) groups is 1. The summed E-state index contributed by atoms with van der Waals surface area (Å²) in [4.78, 5) is 19.6. The first-order valence-electron chi connectivity index (χ1n) is 10.9. The van der Waals surface area contributed by atoms with Crippen molar-refractivity contribution in [3.63, 3.8) is 0 Å². The highest BCUT2D eigenvalue weighted by atomic mass is 19.4. The number of anilines is 1. The van der Waals surface area contributed by atoms with Gasteiger partial charge in [-0.05, 0) is 42.8 Å². The SMILES string of the molecule is CN1CCN([C@H](CNC(=O)c2ccccc2C(F)(F)F)c2ccc3c(c2)CCN3C)CC1. The summed E-state index contributed by atoms with van der Waals surface area (Å²) in [6.45, 7) is 4.73. The van der Waals surface area contributed by atoms with E-state index >= 15 is 0 Å². The van der Waals surface area contributed by atoms with Gasteiger partial charge in [0.1, 0.15) is 0 Å². The zero-order chi connectivity index (χ0) is 22.9. The van der Waals surface area contributed by atoms with E-state index in [-0.39, 0.29) is 18.2 Å². The molecule has 5 nitrogen and oxygen atoms in total. The van der Waals surface area contributed by atoms with E-state index in [9.17, 15) is 18.0 Å². The van der Waals surface area contributed by atoms with Gasteiger partial charge < -0.3 is 15.1 Å². The van der Waals surface area contributed by atoms with Crippen molar-refractivity contribution in [3.05, 3.63) is 64.7 Å². The van der Waals surface area contributed by atoms with Crippen molar-refractivity contribution in [2.75, 3.05) is 58.3 Å².